The van der Waals surface area contributed by atoms with Crippen molar-refractivity contribution in [2.45, 2.75) is 63.8 Å². The molecule has 1 amide bonds. The molecule has 1 aliphatic carbocycles. The van der Waals surface area contributed by atoms with Crippen LogP contribution in [0.25, 0.3) is 5.65 Å². The lowest BCUT2D eigenvalue weighted by Gasteiger charge is -2.30. The molecule has 168 valence electrons. The molecule has 31 heavy (non-hydrogen) atoms. The van der Waals surface area contributed by atoms with Gasteiger partial charge in [-0.1, -0.05) is 6.07 Å². The van der Waals surface area contributed by atoms with Gasteiger partial charge < -0.3 is 16.4 Å². The van der Waals surface area contributed by atoms with Crippen LogP contribution in [-0.4, -0.2) is 39.6 Å². The van der Waals surface area contributed by atoms with Gasteiger partial charge in [0.2, 0.25) is 0 Å². The van der Waals surface area contributed by atoms with Crippen molar-refractivity contribution in [3.8, 4) is 0 Å². The van der Waals surface area contributed by atoms with E-state index in [0.29, 0.717) is 11.4 Å². The first-order chi connectivity index (χ1) is 14.7. The highest BCUT2D eigenvalue weighted by atomic mass is 19.4. The third kappa shape index (κ3) is 5.77. The summed E-state index contributed by atoms with van der Waals surface area (Å²) in [7, 11) is 0. The number of rotatable bonds is 6. The molecule has 4 N–H and O–H groups in total. The van der Waals surface area contributed by atoms with Gasteiger partial charge in [-0.3, -0.25) is 14.2 Å². The molecule has 1 fully saturated rings. The number of carbonyl (C=O) groups excluding carboxylic acids is 1. The number of imidazole rings is 1. The number of pyridine rings is 1. The van der Waals surface area contributed by atoms with Crippen LogP contribution in [-0.2, 0) is 11.0 Å². The number of anilines is 1. The van der Waals surface area contributed by atoms with Gasteiger partial charge in [-0.15, -0.1) is 0 Å². The van der Waals surface area contributed by atoms with Gasteiger partial charge in [0.25, 0.3) is 5.91 Å². The monoisotopic (exact) mass is 436 g/mol. The Hall–Kier alpha value is -3.04. The zero-order valence-electron chi connectivity index (χ0n) is 17.5. The average molecular weight is 436 g/mol. The van der Waals surface area contributed by atoms with Crippen molar-refractivity contribution in [1.29, 1.82) is 0 Å². The maximum Gasteiger partial charge on any atom is 0.434 e. The minimum atomic E-state index is -4.49. The number of hydrogen-bond donors (Lipinski definition) is 3. The van der Waals surface area contributed by atoms with Crippen molar-refractivity contribution in [2.75, 3.05) is 5.32 Å². The summed E-state index contributed by atoms with van der Waals surface area (Å²) in [4.78, 5) is 20.2. The first-order valence-corrected chi connectivity index (χ1v) is 10.2. The Balaban J connectivity index is 1.58. The van der Waals surface area contributed by atoms with Crippen LogP contribution in [0.5, 0.6) is 0 Å². The molecule has 0 unspecified atom stereocenters. The van der Waals surface area contributed by atoms with E-state index in [0.717, 1.165) is 31.9 Å². The van der Waals surface area contributed by atoms with Crippen LogP contribution in [0.4, 0.5) is 19.0 Å². The third-order valence-electron chi connectivity index (χ3n) is 5.15. The zero-order chi connectivity index (χ0) is 22.6. The Kier molecular flexibility index (Phi) is 6.87. The predicted octanol–water partition coefficient (Wildman–Crippen LogP) is 3.51. The van der Waals surface area contributed by atoms with Crippen molar-refractivity contribution in [3.63, 3.8) is 0 Å². The smallest absolute Gasteiger partial charge is 0.404 e. The molecule has 0 saturated heterocycles. The Labute approximate surface area is 178 Å². The summed E-state index contributed by atoms with van der Waals surface area (Å²) in [6.45, 7) is 3.82. The summed E-state index contributed by atoms with van der Waals surface area (Å²) < 4.78 is 40.4. The molecule has 0 atom stereocenters. The van der Waals surface area contributed by atoms with E-state index < -0.39 is 11.9 Å². The number of alkyl halides is 3. The second-order valence-corrected chi connectivity index (χ2v) is 7.92. The number of fused-ring (bicyclic) bond motifs is 1. The molecule has 0 bridgehead atoms. The van der Waals surface area contributed by atoms with Crippen LogP contribution in [0.3, 0.4) is 0 Å². The lowest BCUT2D eigenvalue weighted by Crippen LogP contribution is -2.41. The van der Waals surface area contributed by atoms with E-state index in [2.05, 4.69) is 20.6 Å². The Morgan fingerprint density at radius 2 is 1.94 bits per heavy atom. The number of carbonyl (C=O) groups is 1. The fourth-order valence-electron chi connectivity index (χ4n) is 3.53. The number of hydrogen-bond acceptors (Lipinski definition) is 5. The molecule has 10 heteroatoms. The second-order valence-electron chi connectivity index (χ2n) is 7.92. The van der Waals surface area contributed by atoms with Gasteiger partial charge in [0, 0.05) is 36.7 Å². The van der Waals surface area contributed by atoms with Gasteiger partial charge >= 0.3 is 6.18 Å². The Morgan fingerprint density at radius 3 is 2.55 bits per heavy atom. The van der Waals surface area contributed by atoms with E-state index in [1.54, 1.807) is 12.1 Å². The van der Waals surface area contributed by atoms with E-state index in [1.165, 1.54) is 22.9 Å². The van der Waals surface area contributed by atoms with Crippen molar-refractivity contribution in [2.24, 2.45) is 10.7 Å². The molecule has 0 radical (unpaired) electrons. The minimum Gasteiger partial charge on any atom is -0.404 e. The summed E-state index contributed by atoms with van der Waals surface area (Å²) in [6, 6.07) is 5.11. The predicted molar refractivity (Wildman–Crippen MR) is 114 cm³/mol. The van der Waals surface area contributed by atoms with E-state index >= 15 is 0 Å². The van der Waals surface area contributed by atoms with Gasteiger partial charge in [-0.2, -0.15) is 13.2 Å². The SMILES string of the molecule is CC(C)N=C/C(=C\N)C(=O)NC1CCC(Nc2cccc3nc(C(F)(F)F)cn23)CC1. The van der Waals surface area contributed by atoms with Crippen molar-refractivity contribution >= 4 is 23.6 Å². The number of nitrogens with zero attached hydrogens (tertiary/aromatic N) is 3. The molecule has 1 aliphatic rings. The van der Waals surface area contributed by atoms with E-state index in [1.807, 2.05) is 13.8 Å². The van der Waals surface area contributed by atoms with Gasteiger partial charge in [-0.05, 0) is 51.7 Å². The summed E-state index contributed by atoms with van der Waals surface area (Å²) in [5, 5.41) is 6.30. The molecule has 2 heterocycles. The largest absolute Gasteiger partial charge is 0.434 e. The average Bonchev–Trinajstić information content (AvgIpc) is 3.16. The fourth-order valence-corrected chi connectivity index (χ4v) is 3.53. The molecule has 0 spiro atoms. The fraction of sp³-hybridized carbons (Fsp3) is 0.476. The number of nitrogens with two attached hydrogens (primary N) is 1. The molecule has 1 saturated carbocycles. The van der Waals surface area contributed by atoms with E-state index in [9.17, 15) is 18.0 Å². The van der Waals surface area contributed by atoms with Crippen LogP contribution in [0, 0.1) is 0 Å². The molecule has 0 aliphatic heterocycles. The quantitative estimate of drug-likeness (QED) is 0.477. The third-order valence-corrected chi connectivity index (χ3v) is 5.15. The van der Waals surface area contributed by atoms with Crippen LogP contribution in [0.15, 0.2) is 41.2 Å². The number of halogens is 3. The highest BCUT2D eigenvalue weighted by Gasteiger charge is 2.34. The Morgan fingerprint density at radius 1 is 1.26 bits per heavy atom. The van der Waals surface area contributed by atoms with Gasteiger partial charge in [0.15, 0.2) is 5.69 Å². The molecule has 2 aromatic heterocycles. The molecular formula is C21H27F3N6O. The Bertz CT molecular complexity index is 971. The van der Waals surface area contributed by atoms with Gasteiger partial charge in [0.05, 0.1) is 5.57 Å². The first kappa shape index (κ1) is 22.6. The van der Waals surface area contributed by atoms with Crippen LogP contribution < -0.4 is 16.4 Å². The standard InChI is InChI=1S/C21H27F3N6O/c1-13(2)26-11-14(10-25)20(31)28-16-8-6-15(7-9-16)27-18-4-3-5-19-29-17(12-30(18)19)21(22,23)24/h3-5,10-13,15-16,27H,6-9,25H2,1-2H3,(H,28,31)/b14-10+,26-11?. The zero-order valence-corrected chi connectivity index (χ0v) is 17.5. The van der Waals surface area contributed by atoms with Crippen LogP contribution >= 0.6 is 0 Å². The van der Waals surface area contributed by atoms with Gasteiger partial charge in [-0.25, -0.2) is 4.98 Å². The maximum atomic E-state index is 13.0. The summed E-state index contributed by atoms with van der Waals surface area (Å²) in [6.07, 6.45) is 2.27. The van der Waals surface area contributed by atoms with E-state index in [-0.39, 0.29) is 29.7 Å². The highest BCUT2D eigenvalue weighted by Crippen LogP contribution is 2.30. The number of amides is 1. The number of nitrogens with one attached hydrogen (secondary N) is 2. The number of aliphatic imine (C=N–C) groups is 1. The van der Waals surface area contributed by atoms with Crippen molar-refractivity contribution in [3.05, 3.63) is 41.9 Å². The molecule has 0 aromatic carbocycles. The van der Waals surface area contributed by atoms with Crippen molar-refractivity contribution < 1.29 is 18.0 Å². The normalized spacial score (nSPS) is 20.5. The minimum absolute atomic E-state index is 0.00817. The van der Waals surface area contributed by atoms with Crippen LogP contribution in [0.2, 0.25) is 0 Å². The highest BCUT2D eigenvalue weighted by molar-refractivity contribution is 6.12. The topological polar surface area (TPSA) is 96.8 Å². The summed E-state index contributed by atoms with van der Waals surface area (Å²) >= 11 is 0. The molecule has 2 aromatic rings. The molecule has 7 nitrogen and oxygen atoms in total. The van der Waals surface area contributed by atoms with Gasteiger partial charge in [0.1, 0.15) is 11.5 Å². The lowest BCUT2D eigenvalue weighted by atomic mass is 9.91. The lowest BCUT2D eigenvalue weighted by molar-refractivity contribution is -0.140. The van der Waals surface area contributed by atoms with E-state index in [4.69, 9.17) is 5.73 Å². The van der Waals surface area contributed by atoms with Crippen molar-refractivity contribution in [1.82, 2.24) is 14.7 Å². The maximum absolute atomic E-state index is 13.0. The second kappa shape index (κ2) is 9.40. The number of aromatic nitrogens is 2. The summed E-state index contributed by atoms with van der Waals surface area (Å²) in [5.74, 6) is 0.303. The summed E-state index contributed by atoms with van der Waals surface area (Å²) in [5.41, 5.74) is 5.19. The molecular weight excluding hydrogens is 409 g/mol. The molecule has 3 rings (SSSR count). The van der Waals surface area contributed by atoms with Crippen LogP contribution in [0.1, 0.15) is 45.2 Å². The first-order valence-electron chi connectivity index (χ1n) is 10.2.